The van der Waals surface area contributed by atoms with Crippen LogP contribution in [0.4, 0.5) is 0 Å². The highest BCUT2D eigenvalue weighted by Gasteiger charge is 2.26. The Kier molecular flexibility index (Phi) is 5.28. The van der Waals surface area contributed by atoms with Crippen LogP contribution in [0.3, 0.4) is 0 Å². The number of methoxy groups -OCH3 is 2. The Morgan fingerprint density at radius 3 is 2.71 bits per heavy atom. The van der Waals surface area contributed by atoms with Crippen LogP contribution in [0.15, 0.2) is 24.3 Å². The topological polar surface area (TPSA) is 66.0 Å². The number of carbonyl (C=O) groups excluding carboxylic acids is 1. The van der Waals surface area contributed by atoms with Crippen molar-refractivity contribution in [3.8, 4) is 23.0 Å². The summed E-state index contributed by atoms with van der Waals surface area (Å²) in [4.78, 5) is 12.4. The summed E-state index contributed by atoms with van der Waals surface area (Å²) < 4.78 is 22.1. The first-order chi connectivity index (χ1) is 13.7. The molecule has 2 heterocycles. The summed E-state index contributed by atoms with van der Waals surface area (Å²) in [5.74, 6) is 3.24. The second-order valence-corrected chi connectivity index (χ2v) is 6.98. The van der Waals surface area contributed by atoms with Crippen molar-refractivity contribution in [2.45, 2.75) is 25.7 Å². The lowest BCUT2D eigenvalue weighted by atomic mass is 9.97. The van der Waals surface area contributed by atoms with Crippen molar-refractivity contribution in [1.82, 2.24) is 5.32 Å². The summed E-state index contributed by atoms with van der Waals surface area (Å²) in [6, 6.07) is 7.64. The molecule has 4 rings (SSSR count). The third kappa shape index (κ3) is 3.59. The fourth-order valence-corrected chi connectivity index (χ4v) is 3.91. The molecular formula is C22H25NO5. The molecule has 0 saturated carbocycles. The van der Waals surface area contributed by atoms with Gasteiger partial charge in [0.25, 0.3) is 0 Å². The van der Waals surface area contributed by atoms with Gasteiger partial charge in [0.15, 0.2) is 11.5 Å². The minimum absolute atomic E-state index is 0.0198. The maximum absolute atomic E-state index is 12.4. The molecule has 28 heavy (non-hydrogen) atoms. The fraction of sp³-hybridized carbons (Fsp3) is 0.409. The van der Waals surface area contributed by atoms with Crippen molar-refractivity contribution in [3.05, 3.63) is 46.5 Å². The van der Waals surface area contributed by atoms with Crippen molar-refractivity contribution in [2.24, 2.45) is 0 Å². The van der Waals surface area contributed by atoms with Gasteiger partial charge in [-0.1, -0.05) is 6.07 Å². The predicted octanol–water partition coefficient (Wildman–Crippen LogP) is 2.48. The Balaban J connectivity index is 1.38. The van der Waals surface area contributed by atoms with Crippen LogP contribution < -0.4 is 24.3 Å². The molecule has 0 aromatic heterocycles. The molecule has 0 fully saturated rings. The molecule has 0 aliphatic carbocycles. The van der Waals surface area contributed by atoms with Gasteiger partial charge >= 0.3 is 0 Å². The smallest absolute Gasteiger partial charge is 0.224 e. The summed E-state index contributed by atoms with van der Waals surface area (Å²) in [6.45, 7) is 2.01. The van der Waals surface area contributed by atoms with Crippen LogP contribution >= 0.6 is 0 Å². The molecule has 6 nitrogen and oxygen atoms in total. The maximum Gasteiger partial charge on any atom is 0.224 e. The Bertz CT molecular complexity index is 861. The average molecular weight is 383 g/mol. The predicted molar refractivity (Wildman–Crippen MR) is 105 cm³/mol. The zero-order valence-corrected chi connectivity index (χ0v) is 16.3. The van der Waals surface area contributed by atoms with Gasteiger partial charge in [-0.3, -0.25) is 4.79 Å². The zero-order chi connectivity index (χ0) is 19.5. The first-order valence-electron chi connectivity index (χ1n) is 9.60. The molecule has 0 atom stereocenters. The van der Waals surface area contributed by atoms with Crippen LogP contribution in [0.5, 0.6) is 23.0 Å². The van der Waals surface area contributed by atoms with Crippen molar-refractivity contribution >= 4 is 5.91 Å². The molecule has 6 heteroatoms. The second-order valence-electron chi connectivity index (χ2n) is 6.98. The molecule has 0 bridgehead atoms. The van der Waals surface area contributed by atoms with E-state index in [2.05, 4.69) is 11.4 Å². The highest BCUT2D eigenvalue weighted by Crippen LogP contribution is 2.40. The number of ether oxygens (including phenoxy) is 4. The quantitative estimate of drug-likeness (QED) is 0.796. The number of rotatable bonds is 7. The van der Waals surface area contributed by atoms with Crippen molar-refractivity contribution in [1.29, 1.82) is 0 Å². The minimum atomic E-state index is -0.0198. The summed E-state index contributed by atoms with van der Waals surface area (Å²) >= 11 is 0. The standard InChI is InChI=1S/C22H25NO5/c1-25-18-4-3-14(11-20(18)26-2)12-21(24)23-8-5-17-16-7-10-27-19(16)13-15-6-9-28-22(15)17/h3-4,11,13H,5-10,12H2,1-2H3,(H,23,24). The minimum Gasteiger partial charge on any atom is -0.493 e. The van der Waals surface area contributed by atoms with Crippen molar-refractivity contribution in [2.75, 3.05) is 34.0 Å². The lowest BCUT2D eigenvalue weighted by Gasteiger charge is -2.13. The van der Waals surface area contributed by atoms with Crippen LogP contribution in [0.1, 0.15) is 22.3 Å². The first kappa shape index (κ1) is 18.5. The Morgan fingerprint density at radius 2 is 1.89 bits per heavy atom. The SMILES string of the molecule is COc1ccc(CC(=O)NCCc2c3c(cc4c2OCC4)OCC3)cc1OC. The largest absolute Gasteiger partial charge is 0.493 e. The molecule has 0 radical (unpaired) electrons. The maximum atomic E-state index is 12.4. The lowest BCUT2D eigenvalue weighted by Crippen LogP contribution is -2.27. The van der Waals surface area contributed by atoms with Gasteiger partial charge in [0, 0.05) is 36.1 Å². The van der Waals surface area contributed by atoms with E-state index < -0.39 is 0 Å². The Morgan fingerprint density at radius 1 is 1.07 bits per heavy atom. The van der Waals surface area contributed by atoms with Crippen molar-refractivity contribution in [3.63, 3.8) is 0 Å². The number of fused-ring (bicyclic) bond motifs is 2. The van der Waals surface area contributed by atoms with Gasteiger partial charge in [0.2, 0.25) is 5.91 Å². The normalized spacial score (nSPS) is 13.9. The van der Waals surface area contributed by atoms with Gasteiger partial charge in [-0.15, -0.1) is 0 Å². The van der Waals surface area contributed by atoms with Crippen LogP contribution in [0, 0.1) is 0 Å². The molecule has 0 saturated heterocycles. The number of nitrogens with one attached hydrogen (secondary N) is 1. The van der Waals surface area contributed by atoms with Crippen LogP contribution in [0.25, 0.3) is 0 Å². The van der Waals surface area contributed by atoms with Gasteiger partial charge < -0.3 is 24.3 Å². The lowest BCUT2D eigenvalue weighted by molar-refractivity contribution is -0.120. The summed E-state index contributed by atoms with van der Waals surface area (Å²) in [7, 11) is 3.18. The van der Waals surface area contributed by atoms with Gasteiger partial charge in [0.05, 0.1) is 33.9 Å². The summed E-state index contributed by atoms with van der Waals surface area (Å²) in [5.41, 5.74) is 4.52. The second kappa shape index (κ2) is 8.00. The molecular weight excluding hydrogens is 358 g/mol. The summed E-state index contributed by atoms with van der Waals surface area (Å²) in [5, 5.41) is 3.02. The highest BCUT2D eigenvalue weighted by molar-refractivity contribution is 5.78. The molecule has 2 aromatic carbocycles. The number of amides is 1. The van der Waals surface area contributed by atoms with E-state index in [1.54, 1.807) is 14.2 Å². The molecule has 148 valence electrons. The van der Waals surface area contributed by atoms with E-state index in [1.165, 1.54) is 16.7 Å². The van der Waals surface area contributed by atoms with E-state index >= 15 is 0 Å². The third-order valence-electron chi connectivity index (χ3n) is 5.27. The fourth-order valence-electron chi connectivity index (χ4n) is 3.91. The van der Waals surface area contributed by atoms with E-state index in [9.17, 15) is 4.79 Å². The van der Waals surface area contributed by atoms with E-state index in [1.807, 2.05) is 18.2 Å². The number of hydrogen-bond donors (Lipinski definition) is 1. The van der Waals surface area contributed by atoms with E-state index in [4.69, 9.17) is 18.9 Å². The van der Waals surface area contributed by atoms with Gasteiger partial charge in [-0.25, -0.2) is 0 Å². The van der Waals surface area contributed by atoms with Crippen molar-refractivity contribution < 1.29 is 23.7 Å². The molecule has 2 aromatic rings. The monoisotopic (exact) mass is 383 g/mol. The molecule has 0 unspecified atom stereocenters. The van der Waals surface area contributed by atoms with Gasteiger partial charge in [-0.05, 0) is 30.2 Å². The molecule has 2 aliphatic rings. The Labute approximate surface area is 164 Å². The zero-order valence-electron chi connectivity index (χ0n) is 16.3. The van der Waals surface area contributed by atoms with E-state index in [-0.39, 0.29) is 5.91 Å². The first-order valence-corrected chi connectivity index (χ1v) is 9.60. The van der Waals surface area contributed by atoms with Gasteiger partial charge in [0.1, 0.15) is 11.5 Å². The highest BCUT2D eigenvalue weighted by atomic mass is 16.5. The summed E-state index contributed by atoms with van der Waals surface area (Å²) in [6.07, 6.45) is 2.86. The average Bonchev–Trinajstić information content (AvgIpc) is 3.36. The van der Waals surface area contributed by atoms with E-state index in [0.717, 1.165) is 49.5 Å². The van der Waals surface area contributed by atoms with Crippen LogP contribution in [-0.2, 0) is 30.5 Å². The number of carbonyl (C=O) groups is 1. The van der Waals surface area contributed by atoms with Crippen LogP contribution in [-0.4, -0.2) is 39.9 Å². The van der Waals surface area contributed by atoms with Crippen LogP contribution in [0.2, 0.25) is 0 Å². The van der Waals surface area contributed by atoms with E-state index in [0.29, 0.717) is 24.5 Å². The molecule has 2 aliphatic heterocycles. The molecule has 0 spiro atoms. The Hall–Kier alpha value is -2.89. The third-order valence-corrected chi connectivity index (χ3v) is 5.27. The molecule has 1 amide bonds. The molecule has 1 N–H and O–H groups in total. The number of hydrogen-bond acceptors (Lipinski definition) is 5. The van der Waals surface area contributed by atoms with Gasteiger partial charge in [-0.2, -0.15) is 0 Å². The number of benzene rings is 2.